The van der Waals surface area contributed by atoms with Crippen molar-refractivity contribution in [1.82, 2.24) is 14.7 Å². The second-order valence-electron chi connectivity index (χ2n) is 7.93. The van der Waals surface area contributed by atoms with Crippen molar-refractivity contribution < 1.29 is 14.3 Å². The number of likely N-dealkylation sites (tertiary alicyclic amines) is 2. The van der Waals surface area contributed by atoms with Crippen LogP contribution in [0.25, 0.3) is 0 Å². The fourth-order valence-corrected chi connectivity index (χ4v) is 4.42. The molecule has 6 heteroatoms. The summed E-state index contributed by atoms with van der Waals surface area (Å²) < 4.78 is 10.8. The Morgan fingerprint density at radius 2 is 1.52 bits per heavy atom. The highest BCUT2D eigenvalue weighted by atomic mass is 16.5. The number of hydrogen-bond donors (Lipinski definition) is 0. The molecule has 0 N–H and O–H groups in total. The molecular weight excluding hydrogens is 318 g/mol. The van der Waals surface area contributed by atoms with E-state index in [9.17, 15) is 4.79 Å². The van der Waals surface area contributed by atoms with Crippen LogP contribution >= 0.6 is 0 Å². The summed E-state index contributed by atoms with van der Waals surface area (Å²) in [5.41, 5.74) is 0. The van der Waals surface area contributed by atoms with E-state index in [1.807, 2.05) is 0 Å². The summed E-state index contributed by atoms with van der Waals surface area (Å²) >= 11 is 0. The monoisotopic (exact) mass is 353 g/mol. The van der Waals surface area contributed by atoms with Gasteiger partial charge in [-0.25, -0.2) is 0 Å². The van der Waals surface area contributed by atoms with Crippen LogP contribution < -0.4 is 0 Å². The lowest BCUT2D eigenvalue weighted by Gasteiger charge is -2.39. The first-order chi connectivity index (χ1) is 12.2. The first-order valence-electron chi connectivity index (χ1n) is 10.1. The zero-order chi connectivity index (χ0) is 17.5. The molecule has 0 amide bonds. The first-order valence-corrected chi connectivity index (χ1v) is 10.1. The van der Waals surface area contributed by atoms with Crippen molar-refractivity contribution in [2.24, 2.45) is 11.8 Å². The number of nitrogens with zero attached hydrogens (tertiary/aromatic N) is 3. The summed E-state index contributed by atoms with van der Waals surface area (Å²) in [5, 5.41) is 0. The Morgan fingerprint density at radius 1 is 0.920 bits per heavy atom. The van der Waals surface area contributed by atoms with E-state index in [2.05, 4.69) is 21.7 Å². The van der Waals surface area contributed by atoms with E-state index in [1.165, 1.54) is 38.8 Å². The molecule has 6 nitrogen and oxygen atoms in total. The van der Waals surface area contributed by atoms with Gasteiger partial charge in [0.2, 0.25) is 0 Å². The summed E-state index contributed by atoms with van der Waals surface area (Å²) in [6.45, 7) is 9.87. The third-order valence-corrected chi connectivity index (χ3v) is 6.19. The molecule has 3 rings (SSSR count). The largest absolute Gasteiger partial charge is 0.463 e. The van der Waals surface area contributed by atoms with E-state index in [0.29, 0.717) is 13.2 Å². The van der Waals surface area contributed by atoms with Crippen molar-refractivity contribution in [3.8, 4) is 0 Å². The van der Waals surface area contributed by atoms with Crippen LogP contribution in [-0.2, 0) is 14.3 Å². The molecule has 0 atom stereocenters. The maximum atomic E-state index is 12.1. The van der Waals surface area contributed by atoms with Gasteiger partial charge in [0.25, 0.3) is 0 Å². The topological polar surface area (TPSA) is 45.2 Å². The van der Waals surface area contributed by atoms with Crippen molar-refractivity contribution in [3.05, 3.63) is 0 Å². The second-order valence-corrected chi connectivity index (χ2v) is 7.93. The predicted octanol–water partition coefficient (Wildman–Crippen LogP) is 0.916. The van der Waals surface area contributed by atoms with Gasteiger partial charge in [-0.2, -0.15) is 0 Å². The molecule has 0 aromatic carbocycles. The zero-order valence-corrected chi connectivity index (χ0v) is 15.8. The van der Waals surface area contributed by atoms with Crippen LogP contribution in [0.5, 0.6) is 0 Å². The fraction of sp³-hybridized carbons (Fsp3) is 0.947. The smallest absolute Gasteiger partial charge is 0.320 e. The molecule has 0 aliphatic carbocycles. The first kappa shape index (κ1) is 19.1. The Labute approximate surface area is 152 Å². The minimum Gasteiger partial charge on any atom is -0.463 e. The molecule has 3 saturated heterocycles. The minimum atomic E-state index is -0.0639. The molecule has 0 spiro atoms. The molecule has 3 fully saturated rings. The van der Waals surface area contributed by atoms with Crippen molar-refractivity contribution in [2.75, 3.05) is 79.2 Å². The van der Waals surface area contributed by atoms with Crippen LogP contribution in [0.3, 0.4) is 0 Å². The highest BCUT2D eigenvalue weighted by molar-refractivity contribution is 5.71. The van der Waals surface area contributed by atoms with E-state index < -0.39 is 0 Å². The Kier molecular flexibility index (Phi) is 7.52. The van der Waals surface area contributed by atoms with Gasteiger partial charge in [-0.15, -0.1) is 0 Å². The van der Waals surface area contributed by atoms with E-state index in [4.69, 9.17) is 9.47 Å². The molecule has 0 aromatic rings. The van der Waals surface area contributed by atoms with E-state index in [0.717, 1.165) is 57.8 Å². The minimum absolute atomic E-state index is 0.0639. The van der Waals surface area contributed by atoms with Gasteiger partial charge in [0, 0.05) is 19.6 Å². The standard InChI is InChI=1S/C19H35N3O3/c1-20-6-2-17(3-7-20)18-4-8-22(9-5-18)16-19(23)25-15-12-21-10-13-24-14-11-21/h17-18H,2-16H2,1H3. The average Bonchev–Trinajstić information content (AvgIpc) is 2.64. The summed E-state index contributed by atoms with van der Waals surface area (Å²) in [7, 11) is 2.23. The maximum absolute atomic E-state index is 12.1. The summed E-state index contributed by atoms with van der Waals surface area (Å²) in [5.74, 6) is 1.70. The molecule has 3 aliphatic heterocycles. The summed E-state index contributed by atoms with van der Waals surface area (Å²) in [4.78, 5) is 19.1. The van der Waals surface area contributed by atoms with Gasteiger partial charge in [0.1, 0.15) is 6.61 Å². The zero-order valence-electron chi connectivity index (χ0n) is 15.8. The Balaban J connectivity index is 1.27. The Bertz CT molecular complexity index is 399. The number of piperidine rings is 2. The van der Waals surface area contributed by atoms with Crippen LogP contribution in [0.15, 0.2) is 0 Å². The van der Waals surface area contributed by atoms with Gasteiger partial charge in [-0.1, -0.05) is 0 Å². The van der Waals surface area contributed by atoms with E-state index >= 15 is 0 Å². The quantitative estimate of drug-likeness (QED) is 0.662. The maximum Gasteiger partial charge on any atom is 0.320 e. The van der Waals surface area contributed by atoms with Crippen molar-refractivity contribution in [1.29, 1.82) is 0 Å². The number of rotatable bonds is 6. The summed E-state index contributed by atoms with van der Waals surface area (Å²) in [6.07, 6.45) is 5.19. The molecule has 0 aromatic heterocycles. The molecule has 25 heavy (non-hydrogen) atoms. The van der Waals surface area contributed by atoms with Crippen LogP contribution in [0, 0.1) is 11.8 Å². The van der Waals surface area contributed by atoms with Gasteiger partial charge < -0.3 is 14.4 Å². The summed E-state index contributed by atoms with van der Waals surface area (Å²) in [6, 6.07) is 0. The van der Waals surface area contributed by atoms with Gasteiger partial charge in [0.15, 0.2) is 0 Å². The van der Waals surface area contributed by atoms with Crippen LogP contribution in [-0.4, -0.2) is 99.9 Å². The van der Waals surface area contributed by atoms with Gasteiger partial charge in [0.05, 0.1) is 19.8 Å². The van der Waals surface area contributed by atoms with Crippen LogP contribution in [0.2, 0.25) is 0 Å². The Hall–Kier alpha value is -0.690. The molecular formula is C19H35N3O3. The number of hydrogen-bond acceptors (Lipinski definition) is 6. The SMILES string of the molecule is CN1CCC(C2CCN(CC(=O)OCCN3CCOCC3)CC2)CC1. The van der Waals surface area contributed by atoms with Crippen LogP contribution in [0.1, 0.15) is 25.7 Å². The van der Waals surface area contributed by atoms with Crippen molar-refractivity contribution in [2.45, 2.75) is 25.7 Å². The van der Waals surface area contributed by atoms with E-state index in [1.54, 1.807) is 0 Å². The molecule has 3 aliphatic rings. The molecule has 0 saturated carbocycles. The third kappa shape index (κ3) is 6.20. The van der Waals surface area contributed by atoms with E-state index in [-0.39, 0.29) is 5.97 Å². The van der Waals surface area contributed by atoms with Crippen LogP contribution in [0.4, 0.5) is 0 Å². The highest BCUT2D eigenvalue weighted by Gasteiger charge is 2.29. The lowest BCUT2D eigenvalue weighted by Crippen LogP contribution is -2.42. The number of carbonyl (C=O) groups excluding carboxylic acids is 1. The van der Waals surface area contributed by atoms with Gasteiger partial charge in [-0.05, 0) is 70.7 Å². The number of ether oxygens (including phenoxy) is 2. The number of carbonyl (C=O) groups is 1. The highest BCUT2D eigenvalue weighted by Crippen LogP contribution is 2.32. The van der Waals surface area contributed by atoms with Gasteiger partial charge >= 0.3 is 5.97 Å². The predicted molar refractivity (Wildman–Crippen MR) is 97.6 cm³/mol. The lowest BCUT2D eigenvalue weighted by molar-refractivity contribution is -0.146. The van der Waals surface area contributed by atoms with Crippen molar-refractivity contribution in [3.63, 3.8) is 0 Å². The lowest BCUT2D eigenvalue weighted by atomic mass is 9.79. The molecule has 0 bridgehead atoms. The number of morpholine rings is 1. The van der Waals surface area contributed by atoms with Crippen molar-refractivity contribution >= 4 is 5.97 Å². The Morgan fingerprint density at radius 3 is 2.16 bits per heavy atom. The molecule has 0 radical (unpaired) electrons. The number of esters is 1. The molecule has 0 unspecified atom stereocenters. The molecule has 144 valence electrons. The average molecular weight is 354 g/mol. The second kappa shape index (κ2) is 9.86. The fourth-order valence-electron chi connectivity index (χ4n) is 4.42. The molecule has 3 heterocycles. The third-order valence-electron chi connectivity index (χ3n) is 6.19. The normalized spacial score (nSPS) is 26.0. The van der Waals surface area contributed by atoms with Gasteiger partial charge in [-0.3, -0.25) is 14.6 Å².